The zero-order chi connectivity index (χ0) is 15.8. The molecule has 0 aliphatic heterocycles. The number of amides is 3. The molecule has 0 aliphatic rings. The van der Waals surface area contributed by atoms with E-state index in [0.29, 0.717) is 23.9 Å². The van der Waals surface area contributed by atoms with E-state index < -0.39 is 6.03 Å². The average molecular weight is 311 g/mol. The number of carbonyl (C=O) groups is 2. The minimum atomic E-state index is -0.474. The molecule has 21 heavy (non-hydrogen) atoms. The predicted octanol–water partition coefficient (Wildman–Crippen LogP) is 1.85. The number of hydrogen-bond donors (Lipinski definition) is 3. The monoisotopic (exact) mass is 311 g/mol. The molecule has 0 saturated carbocycles. The minimum absolute atomic E-state index is 0.120. The molecule has 1 rings (SSSR count). The number of nitrogens with one attached hydrogen (secondary N) is 2. The maximum absolute atomic E-state index is 11.7. The van der Waals surface area contributed by atoms with E-state index in [0.717, 1.165) is 4.90 Å². The molecule has 1 aromatic rings. The topological polar surface area (TPSA) is 93.4 Å². The first kappa shape index (κ1) is 17.2. The van der Waals surface area contributed by atoms with Gasteiger partial charge < -0.3 is 15.8 Å². The molecule has 0 aromatic heterocycles. The molecule has 0 aliphatic carbocycles. The summed E-state index contributed by atoms with van der Waals surface area (Å²) in [4.78, 5) is 23.9. The van der Waals surface area contributed by atoms with Crippen LogP contribution in [-0.4, -0.2) is 31.3 Å². The molecule has 0 heterocycles. The average Bonchev–Trinajstić information content (AvgIpc) is 2.43. The highest BCUT2D eigenvalue weighted by atomic mass is 32.2. The van der Waals surface area contributed by atoms with Gasteiger partial charge >= 0.3 is 6.03 Å². The Balaban J connectivity index is 2.44. The summed E-state index contributed by atoms with van der Waals surface area (Å²) in [6, 6.07) is 4.73. The van der Waals surface area contributed by atoms with Crippen molar-refractivity contribution in [1.82, 2.24) is 10.6 Å². The van der Waals surface area contributed by atoms with Gasteiger partial charge in [-0.2, -0.15) is 0 Å². The third-order valence-corrected chi connectivity index (χ3v) is 3.53. The second-order valence-corrected chi connectivity index (χ2v) is 5.87. The number of rotatable bonds is 6. The minimum Gasteiger partial charge on any atom is -0.496 e. The fraction of sp³-hybridized carbons (Fsp3) is 0.429. The number of urea groups is 1. The number of nitrogens with two attached hydrogens (primary N) is 1. The van der Waals surface area contributed by atoms with Crippen molar-refractivity contribution in [3.05, 3.63) is 18.2 Å². The number of carbonyl (C=O) groups excluding carboxylic acids is 2. The highest BCUT2D eigenvalue weighted by molar-refractivity contribution is 8.00. The number of methoxy groups -OCH3 is 1. The van der Waals surface area contributed by atoms with E-state index in [4.69, 9.17) is 10.5 Å². The normalized spacial score (nSPS) is 10.3. The first-order valence-corrected chi connectivity index (χ1v) is 7.55. The molecular weight excluding hydrogens is 290 g/mol. The Labute approximate surface area is 128 Å². The summed E-state index contributed by atoms with van der Waals surface area (Å²) in [5.74, 6) is 0.700. The largest absolute Gasteiger partial charge is 0.496 e. The molecule has 0 radical (unpaired) electrons. The number of anilines is 1. The van der Waals surface area contributed by atoms with Gasteiger partial charge in [0.1, 0.15) is 5.75 Å². The maximum Gasteiger partial charge on any atom is 0.321 e. The smallest absolute Gasteiger partial charge is 0.321 e. The summed E-state index contributed by atoms with van der Waals surface area (Å²) in [5.41, 5.74) is 6.25. The van der Waals surface area contributed by atoms with Crippen LogP contribution in [0.1, 0.15) is 13.8 Å². The van der Waals surface area contributed by atoms with Crippen LogP contribution in [0.2, 0.25) is 0 Å². The first-order valence-electron chi connectivity index (χ1n) is 6.56. The third kappa shape index (κ3) is 6.40. The zero-order valence-corrected chi connectivity index (χ0v) is 13.3. The van der Waals surface area contributed by atoms with Gasteiger partial charge in [0.25, 0.3) is 0 Å². The van der Waals surface area contributed by atoms with Crippen molar-refractivity contribution >= 4 is 29.4 Å². The van der Waals surface area contributed by atoms with Crippen LogP contribution in [0.5, 0.6) is 5.75 Å². The van der Waals surface area contributed by atoms with Gasteiger partial charge in [-0.3, -0.25) is 10.1 Å². The van der Waals surface area contributed by atoms with Crippen molar-refractivity contribution in [2.24, 2.45) is 5.92 Å². The van der Waals surface area contributed by atoms with Crippen molar-refractivity contribution in [3.8, 4) is 5.75 Å². The molecule has 7 heteroatoms. The number of ether oxygens (including phenoxy) is 1. The van der Waals surface area contributed by atoms with Gasteiger partial charge in [-0.25, -0.2) is 4.79 Å². The SMILES string of the molecule is COc1cc(N)ccc1SCC(=O)NC(=O)NCC(C)C. The summed E-state index contributed by atoms with van der Waals surface area (Å²) >= 11 is 1.28. The van der Waals surface area contributed by atoms with E-state index in [1.165, 1.54) is 18.9 Å². The van der Waals surface area contributed by atoms with E-state index in [9.17, 15) is 9.59 Å². The Hall–Kier alpha value is -1.89. The molecule has 0 bridgehead atoms. The van der Waals surface area contributed by atoms with Crippen LogP contribution in [0.25, 0.3) is 0 Å². The van der Waals surface area contributed by atoms with Gasteiger partial charge in [-0.15, -0.1) is 11.8 Å². The second kappa shape index (κ2) is 8.41. The molecular formula is C14H21N3O3S. The van der Waals surface area contributed by atoms with E-state index in [1.54, 1.807) is 18.2 Å². The number of hydrogen-bond acceptors (Lipinski definition) is 5. The van der Waals surface area contributed by atoms with Gasteiger partial charge in [0, 0.05) is 23.2 Å². The van der Waals surface area contributed by atoms with Crippen molar-refractivity contribution in [2.45, 2.75) is 18.7 Å². The molecule has 3 amide bonds. The summed E-state index contributed by atoms with van der Waals surface area (Å²) in [6.07, 6.45) is 0. The molecule has 116 valence electrons. The third-order valence-electron chi connectivity index (χ3n) is 2.47. The van der Waals surface area contributed by atoms with Crippen LogP contribution in [0, 0.1) is 5.92 Å². The Morgan fingerprint density at radius 3 is 2.71 bits per heavy atom. The van der Waals surface area contributed by atoms with E-state index >= 15 is 0 Å². The van der Waals surface area contributed by atoms with Crippen molar-refractivity contribution in [1.29, 1.82) is 0 Å². The van der Waals surface area contributed by atoms with Gasteiger partial charge in [-0.1, -0.05) is 13.8 Å². The van der Waals surface area contributed by atoms with Crippen LogP contribution < -0.4 is 21.1 Å². The van der Waals surface area contributed by atoms with Crippen molar-refractivity contribution in [2.75, 3.05) is 25.1 Å². The van der Waals surface area contributed by atoms with Crippen LogP contribution >= 0.6 is 11.8 Å². The lowest BCUT2D eigenvalue weighted by Gasteiger charge is -2.10. The Bertz CT molecular complexity index is 506. The second-order valence-electron chi connectivity index (χ2n) is 4.85. The molecule has 0 unspecified atom stereocenters. The number of thioether (sulfide) groups is 1. The van der Waals surface area contributed by atoms with Crippen LogP contribution in [0.3, 0.4) is 0 Å². The van der Waals surface area contributed by atoms with Crippen LogP contribution in [0.4, 0.5) is 10.5 Å². The molecule has 6 nitrogen and oxygen atoms in total. The van der Waals surface area contributed by atoms with Crippen molar-refractivity contribution in [3.63, 3.8) is 0 Å². The highest BCUT2D eigenvalue weighted by Crippen LogP contribution is 2.30. The molecule has 0 fully saturated rings. The van der Waals surface area contributed by atoms with Crippen molar-refractivity contribution < 1.29 is 14.3 Å². The highest BCUT2D eigenvalue weighted by Gasteiger charge is 2.10. The van der Waals surface area contributed by atoms with Crippen LogP contribution in [-0.2, 0) is 4.79 Å². The molecule has 0 saturated heterocycles. The van der Waals surface area contributed by atoms with Gasteiger partial charge in [0.2, 0.25) is 5.91 Å². The molecule has 1 aromatic carbocycles. The van der Waals surface area contributed by atoms with Gasteiger partial charge in [0.15, 0.2) is 0 Å². The van der Waals surface area contributed by atoms with E-state index in [2.05, 4.69) is 10.6 Å². The quantitative estimate of drug-likeness (QED) is 0.551. The van der Waals surface area contributed by atoms with E-state index in [-0.39, 0.29) is 11.7 Å². The standard InChI is InChI=1S/C14H21N3O3S/c1-9(2)7-16-14(19)17-13(18)8-21-12-5-4-10(15)6-11(12)20-3/h4-6,9H,7-8,15H2,1-3H3,(H2,16,17,18,19). The predicted molar refractivity (Wildman–Crippen MR) is 84.5 cm³/mol. The molecule has 0 atom stereocenters. The lowest BCUT2D eigenvalue weighted by Crippen LogP contribution is -2.41. The summed E-state index contributed by atoms with van der Waals surface area (Å²) in [7, 11) is 1.54. The summed E-state index contributed by atoms with van der Waals surface area (Å²) in [5, 5.41) is 4.90. The zero-order valence-electron chi connectivity index (χ0n) is 12.4. The summed E-state index contributed by atoms with van der Waals surface area (Å²) < 4.78 is 5.19. The lowest BCUT2D eigenvalue weighted by atomic mass is 10.2. The Morgan fingerprint density at radius 2 is 2.10 bits per heavy atom. The Kier molecular flexibility index (Phi) is 6.87. The maximum atomic E-state index is 11.7. The number of imide groups is 1. The number of benzene rings is 1. The fourth-order valence-corrected chi connectivity index (χ4v) is 2.26. The lowest BCUT2D eigenvalue weighted by molar-refractivity contribution is -0.117. The number of nitrogen functional groups attached to an aromatic ring is 1. The van der Waals surface area contributed by atoms with E-state index in [1.807, 2.05) is 13.8 Å². The Morgan fingerprint density at radius 1 is 1.38 bits per heavy atom. The van der Waals surface area contributed by atoms with Gasteiger partial charge in [-0.05, 0) is 18.1 Å². The summed E-state index contributed by atoms with van der Waals surface area (Å²) in [6.45, 7) is 4.48. The molecule has 0 spiro atoms. The van der Waals surface area contributed by atoms with Crippen LogP contribution in [0.15, 0.2) is 23.1 Å². The first-order chi connectivity index (χ1) is 9.92. The molecule has 4 N–H and O–H groups in total. The fourth-order valence-electron chi connectivity index (χ4n) is 1.45. The van der Waals surface area contributed by atoms with Gasteiger partial charge in [0.05, 0.1) is 12.9 Å².